The van der Waals surface area contributed by atoms with Gasteiger partial charge in [0.1, 0.15) is 5.82 Å². The number of hydrogen-bond acceptors (Lipinski definition) is 5. The Morgan fingerprint density at radius 1 is 1.16 bits per heavy atom. The molecular weight excluding hydrogens is 240 g/mol. The first-order chi connectivity index (χ1) is 9.25. The van der Waals surface area contributed by atoms with Crippen molar-refractivity contribution in [2.24, 2.45) is 0 Å². The van der Waals surface area contributed by atoms with E-state index < -0.39 is 0 Å². The van der Waals surface area contributed by atoms with Crippen LogP contribution in [0.1, 0.15) is 0 Å². The number of ether oxygens (including phenoxy) is 1. The zero-order valence-corrected chi connectivity index (χ0v) is 11.5. The van der Waals surface area contributed by atoms with Gasteiger partial charge in [0.15, 0.2) is 0 Å². The second-order valence-electron chi connectivity index (χ2n) is 4.59. The van der Waals surface area contributed by atoms with Crippen molar-refractivity contribution in [3.63, 3.8) is 0 Å². The molecule has 2 rings (SSSR count). The van der Waals surface area contributed by atoms with Crippen LogP contribution in [0.4, 0.5) is 5.82 Å². The first-order valence-corrected chi connectivity index (χ1v) is 6.44. The van der Waals surface area contributed by atoms with Crippen LogP contribution >= 0.6 is 0 Å². The molecule has 0 aliphatic heterocycles. The first-order valence-electron chi connectivity index (χ1n) is 6.44. The van der Waals surface area contributed by atoms with Crippen molar-refractivity contribution in [3.8, 4) is 0 Å². The van der Waals surface area contributed by atoms with E-state index in [1.165, 1.54) is 0 Å². The number of hydrogen-bond donors (Lipinski definition) is 1. The van der Waals surface area contributed by atoms with E-state index in [0.29, 0.717) is 6.61 Å². The van der Waals surface area contributed by atoms with Gasteiger partial charge in [0.25, 0.3) is 0 Å². The van der Waals surface area contributed by atoms with Gasteiger partial charge >= 0.3 is 0 Å². The highest BCUT2D eigenvalue weighted by molar-refractivity contribution is 5.75. The molecule has 1 aromatic heterocycles. The summed E-state index contributed by atoms with van der Waals surface area (Å²) in [4.78, 5) is 10.9. The van der Waals surface area contributed by atoms with E-state index in [9.17, 15) is 0 Å². The predicted molar refractivity (Wildman–Crippen MR) is 77.4 cm³/mol. The van der Waals surface area contributed by atoms with Crippen LogP contribution in [0, 0.1) is 0 Å². The van der Waals surface area contributed by atoms with Crippen molar-refractivity contribution in [1.29, 1.82) is 0 Å². The molecule has 2 aromatic rings. The number of aromatic nitrogens is 2. The van der Waals surface area contributed by atoms with Crippen molar-refractivity contribution in [1.82, 2.24) is 14.9 Å². The zero-order valence-electron chi connectivity index (χ0n) is 11.5. The molecule has 0 aliphatic rings. The topological polar surface area (TPSA) is 50.3 Å². The van der Waals surface area contributed by atoms with Gasteiger partial charge < -0.3 is 15.0 Å². The van der Waals surface area contributed by atoms with E-state index in [0.717, 1.165) is 36.5 Å². The van der Waals surface area contributed by atoms with E-state index >= 15 is 0 Å². The molecule has 0 saturated heterocycles. The molecule has 0 fully saturated rings. The van der Waals surface area contributed by atoms with Crippen LogP contribution in [0.5, 0.6) is 0 Å². The lowest BCUT2D eigenvalue weighted by molar-refractivity contribution is 0.126. The fourth-order valence-corrected chi connectivity index (χ4v) is 1.64. The number of rotatable bonds is 7. The van der Waals surface area contributed by atoms with Gasteiger partial charge in [0.2, 0.25) is 0 Å². The Labute approximate surface area is 113 Å². The zero-order chi connectivity index (χ0) is 13.5. The summed E-state index contributed by atoms with van der Waals surface area (Å²) in [5.74, 6) is 0.787. The molecule has 19 heavy (non-hydrogen) atoms. The molecule has 0 atom stereocenters. The molecule has 102 valence electrons. The van der Waals surface area contributed by atoms with Gasteiger partial charge in [-0.25, -0.2) is 4.98 Å². The predicted octanol–water partition coefficient (Wildman–Crippen LogP) is 1.62. The van der Waals surface area contributed by atoms with Gasteiger partial charge in [-0.1, -0.05) is 12.1 Å². The molecule has 5 heteroatoms. The smallest absolute Gasteiger partial charge is 0.145 e. The number of benzene rings is 1. The molecule has 1 aromatic carbocycles. The highest BCUT2D eigenvalue weighted by atomic mass is 16.5. The van der Waals surface area contributed by atoms with Gasteiger partial charge in [-0.05, 0) is 26.2 Å². The summed E-state index contributed by atoms with van der Waals surface area (Å²) in [7, 11) is 4.07. The number of nitrogens with zero attached hydrogens (tertiary/aromatic N) is 3. The van der Waals surface area contributed by atoms with Gasteiger partial charge in [-0.15, -0.1) is 0 Å². The second kappa shape index (κ2) is 7.01. The van der Waals surface area contributed by atoms with Crippen LogP contribution in [0.3, 0.4) is 0 Å². The molecule has 0 saturated carbocycles. The summed E-state index contributed by atoms with van der Waals surface area (Å²) in [6.45, 7) is 3.09. The summed E-state index contributed by atoms with van der Waals surface area (Å²) in [5.41, 5.74) is 1.82. The maximum absolute atomic E-state index is 5.50. The van der Waals surface area contributed by atoms with Crippen molar-refractivity contribution in [2.45, 2.75) is 0 Å². The summed E-state index contributed by atoms with van der Waals surface area (Å²) >= 11 is 0. The Morgan fingerprint density at radius 2 is 1.95 bits per heavy atom. The lowest BCUT2D eigenvalue weighted by Gasteiger charge is -2.10. The molecule has 0 bridgehead atoms. The van der Waals surface area contributed by atoms with E-state index in [1.54, 1.807) is 6.20 Å². The minimum atomic E-state index is 0.669. The molecule has 0 radical (unpaired) electrons. The Hall–Kier alpha value is -1.72. The molecule has 0 aliphatic carbocycles. The third kappa shape index (κ3) is 4.46. The SMILES string of the molecule is CN(C)CCOCCNc1cnc2ccccc2n1. The van der Waals surface area contributed by atoms with Gasteiger partial charge in [-0.3, -0.25) is 4.98 Å². The van der Waals surface area contributed by atoms with Crippen LogP contribution in [0.2, 0.25) is 0 Å². The number of likely N-dealkylation sites (N-methyl/N-ethyl adjacent to an activating group) is 1. The summed E-state index contributed by atoms with van der Waals surface area (Å²) in [6.07, 6.45) is 1.75. The minimum Gasteiger partial charge on any atom is -0.378 e. The third-order valence-electron chi connectivity index (χ3n) is 2.68. The number of nitrogens with one attached hydrogen (secondary N) is 1. The third-order valence-corrected chi connectivity index (χ3v) is 2.68. The van der Waals surface area contributed by atoms with Gasteiger partial charge in [0, 0.05) is 13.1 Å². The normalized spacial score (nSPS) is 11.1. The fourth-order valence-electron chi connectivity index (χ4n) is 1.64. The molecule has 0 spiro atoms. The van der Waals surface area contributed by atoms with E-state index in [2.05, 4.69) is 20.2 Å². The molecular formula is C14H20N4O. The highest BCUT2D eigenvalue weighted by Gasteiger charge is 1.98. The summed E-state index contributed by atoms with van der Waals surface area (Å²) in [6, 6.07) is 7.84. The van der Waals surface area contributed by atoms with Gasteiger partial charge in [0.05, 0.1) is 30.4 Å². The van der Waals surface area contributed by atoms with Crippen LogP contribution in [-0.2, 0) is 4.74 Å². The second-order valence-corrected chi connectivity index (χ2v) is 4.59. The lowest BCUT2D eigenvalue weighted by Crippen LogP contribution is -2.20. The number of anilines is 1. The maximum atomic E-state index is 5.50. The molecule has 1 N–H and O–H groups in total. The van der Waals surface area contributed by atoms with Crippen molar-refractivity contribution < 1.29 is 4.74 Å². The molecule has 1 heterocycles. The summed E-state index contributed by atoms with van der Waals surface area (Å²) in [5, 5.41) is 3.21. The monoisotopic (exact) mass is 260 g/mol. The number of fused-ring (bicyclic) bond motifs is 1. The quantitative estimate of drug-likeness (QED) is 0.767. The molecule has 5 nitrogen and oxygen atoms in total. The molecule has 0 amide bonds. The van der Waals surface area contributed by atoms with E-state index in [1.807, 2.05) is 38.4 Å². The summed E-state index contributed by atoms with van der Waals surface area (Å²) < 4.78 is 5.50. The van der Waals surface area contributed by atoms with Crippen molar-refractivity contribution in [2.75, 3.05) is 45.7 Å². The fraction of sp³-hybridized carbons (Fsp3) is 0.429. The van der Waals surface area contributed by atoms with Crippen LogP contribution in [-0.4, -0.2) is 55.3 Å². The Morgan fingerprint density at radius 3 is 2.74 bits per heavy atom. The highest BCUT2D eigenvalue weighted by Crippen LogP contribution is 2.10. The Balaban J connectivity index is 1.75. The average Bonchev–Trinajstić information content (AvgIpc) is 2.42. The Bertz CT molecular complexity index is 516. The van der Waals surface area contributed by atoms with Crippen LogP contribution in [0.25, 0.3) is 11.0 Å². The van der Waals surface area contributed by atoms with Crippen molar-refractivity contribution in [3.05, 3.63) is 30.5 Å². The largest absolute Gasteiger partial charge is 0.378 e. The maximum Gasteiger partial charge on any atom is 0.145 e. The lowest BCUT2D eigenvalue weighted by atomic mass is 10.3. The average molecular weight is 260 g/mol. The first kappa shape index (κ1) is 13.7. The standard InChI is InChI=1S/C14H20N4O/c1-18(2)8-10-19-9-7-15-14-11-16-12-5-3-4-6-13(12)17-14/h3-6,11H,7-10H2,1-2H3,(H,15,17). The molecule has 0 unspecified atom stereocenters. The minimum absolute atomic E-state index is 0.669. The van der Waals surface area contributed by atoms with Gasteiger partial charge in [-0.2, -0.15) is 0 Å². The Kier molecular flexibility index (Phi) is 5.06. The van der Waals surface area contributed by atoms with E-state index in [4.69, 9.17) is 4.74 Å². The van der Waals surface area contributed by atoms with Crippen molar-refractivity contribution >= 4 is 16.9 Å². The van der Waals surface area contributed by atoms with E-state index in [-0.39, 0.29) is 0 Å². The van der Waals surface area contributed by atoms with Crippen LogP contribution < -0.4 is 5.32 Å². The number of para-hydroxylation sites is 2. The van der Waals surface area contributed by atoms with Crippen LogP contribution in [0.15, 0.2) is 30.5 Å².